The van der Waals surface area contributed by atoms with Crippen molar-refractivity contribution >= 4 is 6.09 Å². The second-order valence-corrected chi connectivity index (χ2v) is 7.75. The van der Waals surface area contributed by atoms with Crippen molar-refractivity contribution in [3.8, 4) is 0 Å². The van der Waals surface area contributed by atoms with E-state index in [4.69, 9.17) is 9.26 Å². The van der Waals surface area contributed by atoms with Gasteiger partial charge >= 0.3 is 6.09 Å². The number of carbonyl (C=O) groups is 1. The molecular formula is C20H26N4O3. The van der Waals surface area contributed by atoms with Crippen LogP contribution in [0.3, 0.4) is 0 Å². The molecular weight excluding hydrogens is 344 g/mol. The molecule has 1 amide bonds. The molecule has 2 aromatic rings. The third kappa shape index (κ3) is 3.98. The standard InChI is InChI=1S/C20H26N4O3/c1-15(17-6-4-3-5-7-17)12-24-14-20(26-19(24)25)8-10-23(11-9-20)13-18-21-16(2)27-22-18/h3-7,15H,8-14H2,1-2H3. The van der Waals surface area contributed by atoms with E-state index in [0.717, 1.165) is 25.9 Å². The number of rotatable bonds is 5. The smallest absolute Gasteiger partial charge is 0.410 e. The van der Waals surface area contributed by atoms with Crippen LogP contribution < -0.4 is 0 Å². The van der Waals surface area contributed by atoms with Crippen molar-refractivity contribution in [3.05, 3.63) is 47.6 Å². The molecule has 2 saturated heterocycles. The molecule has 144 valence electrons. The number of aryl methyl sites for hydroxylation is 1. The number of piperidine rings is 1. The van der Waals surface area contributed by atoms with Crippen LogP contribution >= 0.6 is 0 Å². The Morgan fingerprint density at radius 2 is 1.96 bits per heavy atom. The first kappa shape index (κ1) is 18.0. The Labute approximate surface area is 159 Å². The Balaban J connectivity index is 1.32. The van der Waals surface area contributed by atoms with E-state index in [1.54, 1.807) is 6.92 Å². The summed E-state index contributed by atoms with van der Waals surface area (Å²) in [5, 5.41) is 3.96. The Bertz CT molecular complexity index is 784. The van der Waals surface area contributed by atoms with E-state index < -0.39 is 0 Å². The van der Waals surface area contributed by atoms with Crippen LogP contribution in [0.4, 0.5) is 4.79 Å². The Hall–Kier alpha value is -2.41. The normalized spacial score (nSPS) is 20.8. The van der Waals surface area contributed by atoms with Crippen molar-refractivity contribution in [2.24, 2.45) is 0 Å². The number of benzene rings is 1. The lowest BCUT2D eigenvalue weighted by Crippen LogP contribution is -2.46. The Morgan fingerprint density at radius 3 is 2.63 bits per heavy atom. The highest BCUT2D eigenvalue weighted by Gasteiger charge is 2.47. The van der Waals surface area contributed by atoms with Gasteiger partial charge in [-0.1, -0.05) is 42.4 Å². The van der Waals surface area contributed by atoms with Gasteiger partial charge in [0.1, 0.15) is 5.60 Å². The van der Waals surface area contributed by atoms with E-state index in [1.807, 2.05) is 23.1 Å². The van der Waals surface area contributed by atoms with Gasteiger partial charge in [-0.3, -0.25) is 4.90 Å². The molecule has 27 heavy (non-hydrogen) atoms. The molecule has 2 fully saturated rings. The van der Waals surface area contributed by atoms with E-state index in [9.17, 15) is 4.79 Å². The van der Waals surface area contributed by atoms with Gasteiger partial charge in [0.05, 0.1) is 13.1 Å². The maximum atomic E-state index is 12.4. The van der Waals surface area contributed by atoms with Crippen LogP contribution in [0.1, 0.15) is 43.0 Å². The zero-order valence-electron chi connectivity index (χ0n) is 15.9. The second-order valence-electron chi connectivity index (χ2n) is 7.75. The second kappa shape index (κ2) is 7.31. The summed E-state index contributed by atoms with van der Waals surface area (Å²) in [4.78, 5) is 20.9. The van der Waals surface area contributed by atoms with Gasteiger partial charge in [-0.15, -0.1) is 0 Å². The molecule has 4 rings (SSSR count). The molecule has 1 aromatic heterocycles. The van der Waals surface area contributed by atoms with E-state index in [1.165, 1.54) is 5.56 Å². The van der Waals surface area contributed by atoms with Crippen LogP contribution in [-0.2, 0) is 11.3 Å². The van der Waals surface area contributed by atoms with Crippen LogP contribution in [-0.4, -0.2) is 57.8 Å². The molecule has 0 aliphatic carbocycles. The molecule has 1 aromatic carbocycles. The van der Waals surface area contributed by atoms with Gasteiger partial charge in [0, 0.05) is 39.4 Å². The fourth-order valence-electron chi connectivity index (χ4n) is 4.04. The monoisotopic (exact) mass is 370 g/mol. The fraction of sp³-hybridized carbons (Fsp3) is 0.550. The predicted octanol–water partition coefficient (Wildman–Crippen LogP) is 2.97. The largest absolute Gasteiger partial charge is 0.441 e. The summed E-state index contributed by atoms with van der Waals surface area (Å²) in [7, 11) is 0. The van der Waals surface area contributed by atoms with Crippen molar-refractivity contribution in [3.63, 3.8) is 0 Å². The molecule has 0 radical (unpaired) electrons. The lowest BCUT2D eigenvalue weighted by atomic mass is 9.91. The van der Waals surface area contributed by atoms with Gasteiger partial charge in [-0.2, -0.15) is 4.98 Å². The molecule has 3 heterocycles. The molecule has 7 nitrogen and oxygen atoms in total. The molecule has 7 heteroatoms. The molecule has 0 saturated carbocycles. The minimum atomic E-state index is -0.350. The number of carbonyl (C=O) groups excluding carboxylic acids is 1. The zero-order valence-corrected chi connectivity index (χ0v) is 15.9. The summed E-state index contributed by atoms with van der Waals surface area (Å²) in [5.74, 6) is 1.59. The summed E-state index contributed by atoms with van der Waals surface area (Å²) in [6.07, 6.45) is 1.50. The summed E-state index contributed by atoms with van der Waals surface area (Å²) in [6.45, 7) is 7.73. The minimum Gasteiger partial charge on any atom is -0.441 e. The molecule has 1 spiro atoms. The summed E-state index contributed by atoms with van der Waals surface area (Å²) in [5.41, 5.74) is 0.897. The highest BCUT2D eigenvalue weighted by atomic mass is 16.6. The van der Waals surface area contributed by atoms with Crippen molar-refractivity contribution in [2.75, 3.05) is 26.2 Å². The number of aromatic nitrogens is 2. The molecule has 0 N–H and O–H groups in total. The highest BCUT2D eigenvalue weighted by Crippen LogP contribution is 2.34. The van der Waals surface area contributed by atoms with Crippen LogP contribution in [0.5, 0.6) is 0 Å². The SMILES string of the molecule is Cc1nc(CN2CCC3(CC2)CN(CC(C)c2ccccc2)C(=O)O3)no1. The lowest BCUT2D eigenvalue weighted by Gasteiger charge is -2.36. The van der Waals surface area contributed by atoms with Crippen molar-refractivity contribution < 1.29 is 14.1 Å². The lowest BCUT2D eigenvalue weighted by molar-refractivity contribution is -0.00191. The van der Waals surface area contributed by atoms with E-state index in [2.05, 4.69) is 34.1 Å². The van der Waals surface area contributed by atoms with Crippen molar-refractivity contribution in [1.29, 1.82) is 0 Å². The summed E-state index contributed by atoms with van der Waals surface area (Å²) >= 11 is 0. The van der Waals surface area contributed by atoms with E-state index in [0.29, 0.717) is 31.3 Å². The molecule has 2 aliphatic heterocycles. The average Bonchev–Trinajstić information content (AvgIpc) is 3.21. The van der Waals surface area contributed by atoms with Gasteiger partial charge in [0.25, 0.3) is 0 Å². The maximum Gasteiger partial charge on any atom is 0.410 e. The van der Waals surface area contributed by atoms with Crippen molar-refractivity contribution in [2.45, 2.75) is 44.8 Å². The van der Waals surface area contributed by atoms with E-state index in [-0.39, 0.29) is 17.6 Å². The average molecular weight is 370 g/mol. The van der Waals surface area contributed by atoms with Gasteiger partial charge in [0.15, 0.2) is 5.82 Å². The topological polar surface area (TPSA) is 71.7 Å². The quantitative estimate of drug-likeness (QED) is 0.806. The number of nitrogens with zero attached hydrogens (tertiary/aromatic N) is 4. The third-order valence-electron chi connectivity index (χ3n) is 5.61. The van der Waals surface area contributed by atoms with E-state index >= 15 is 0 Å². The number of amides is 1. The number of ether oxygens (including phenoxy) is 1. The number of likely N-dealkylation sites (tertiary alicyclic amines) is 1. The fourth-order valence-corrected chi connectivity index (χ4v) is 4.04. The first-order valence-electron chi connectivity index (χ1n) is 9.57. The van der Waals surface area contributed by atoms with Crippen LogP contribution in [0.15, 0.2) is 34.9 Å². The summed E-state index contributed by atoms with van der Waals surface area (Å²) in [6, 6.07) is 10.3. The van der Waals surface area contributed by atoms with Crippen LogP contribution in [0.25, 0.3) is 0 Å². The zero-order chi connectivity index (χ0) is 18.9. The molecule has 0 bridgehead atoms. The Kier molecular flexibility index (Phi) is 4.86. The van der Waals surface area contributed by atoms with Gasteiger partial charge < -0.3 is 14.2 Å². The summed E-state index contributed by atoms with van der Waals surface area (Å²) < 4.78 is 10.9. The number of hydrogen-bond acceptors (Lipinski definition) is 6. The molecule has 1 atom stereocenters. The van der Waals surface area contributed by atoms with Gasteiger partial charge in [-0.25, -0.2) is 4.79 Å². The Morgan fingerprint density at radius 1 is 1.22 bits per heavy atom. The van der Waals surface area contributed by atoms with Gasteiger partial charge in [-0.05, 0) is 11.5 Å². The first-order chi connectivity index (χ1) is 13.0. The molecule has 1 unspecified atom stereocenters. The first-order valence-corrected chi connectivity index (χ1v) is 9.57. The predicted molar refractivity (Wildman–Crippen MR) is 99.2 cm³/mol. The van der Waals surface area contributed by atoms with Crippen LogP contribution in [0.2, 0.25) is 0 Å². The third-order valence-corrected chi connectivity index (χ3v) is 5.61. The van der Waals surface area contributed by atoms with Crippen LogP contribution in [0, 0.1) is 6.92 Å². The minimum absolute atomic E-state index is 0.181. The molecule has 2 aliphatic rings. The maximum absolute atomic E-state index is 12.4. The number of hydrogen-bond donors (Lipinski definition) is 0. The van der Waals surface area contributed by atoms with Crippen molar-refractivity contribution in [1.82, 2.24) is 19.9 Å². The highest BCUT2D eigenvalue weighted by molar-refractivity contribution is 5.70. The van der Waals surface area contributed by atoms with Gasteiger partial charge in [0.2, 0.25) is 5.89 Å².